The van der Waals surface area contributed by atoms with Gasteiger partial charge in [0.05, 0.1) is 5.39 Å². The van der Waals surface area contributed by atoms with Crippen molar-refractivity contribution in [2.24, 2.45) is 0 Å². The third kappa shape index (κ3) is 2.72. The van der Waals surface area contributed by atoms with Gasteiger partial charge in [0.1, 0.15) is 22.9 Å². The summed E-state index contributed by atoms with van der Waals surface area (Å²) < 4.78 is 37.1. The molecule has 3 nitrogen and oxygen atoms in total. The number of fused-ring (bicyclic) bond motifs is 1. The van der Waals surface area contributed by atoms with Gasteiger partial charge >= 0.3 is 6.18 Å². The first-order valence-electron chi connectivity index (χ1n) is 5.46. The van der Waals surface area contributed by atoms with Crippen LogP contribution in [0.25, 0.3) is 10.2 Å². The smallest absolute Gasteiger partial charge is 0.372 e. The molecule has 2 aromatic heterocycles. The van der Waals surface area contributed by atoms with Crippen LogP contribution in [0.4, 0.5) is 19.0 Å². The first-order chi connectivity index (χ1) is 8.43. The quantitative estimate of drug-likeness (QED) is 0.933. The summed E-state index contributed by atoms with van der Waals surface area (Å²) in [5.41, 5.74) is 0. The summed E-state index contributed by atoms with van der Waals surface area (Å²) in [6.07, 6.45) is -4.56. The van der Waals surface area contributed by atoms with Crippen molar-refractivity contribution in [2.75, 3.05) is 12.4 Å². The monoisotopic (exact) mass is 275 g/mol. The lowest BCUT2D eigenvalue weighted by Crippen LogP contribution is -2.14. The van der Waals surface area contributed by atoms with Crippen LogP contribution in [-0.4, -0.2) is 23.2 Å². The number of nitrogens with zero attached hydrogens (tertiary/aromatic N) is 2. The van der Waals surface area contributed by atoms with Crippen molar-refractivity contribution in [3.05, 3.63) is 16.8 Å². The number of aromatic nitrogens is 2. The molecule has 0 amide bonds. The molecule has 7 heteroatoms. The van der Waals surface area contributed by atoms with Crippen molar-refractivity contribution in [2.45, 2.75) is 25.9 Å². The standard InChI is InChI=1S/C11H12F3N3S/c1-3-6-4-7-9(15-2)16-8(5-11(12,13)14)17-10(7)18-6/h4H,3,5H2,1-2H3,(H,15,16,17). The number of hydrogen-bond acceptors (Lipinski definition) is 4. The summed E-state index contributed by atoms with van der Waals surface area (Å²) in [7, 11) is 1.64. The molecule has 98 valence electrons. The van der Waals surface area contributed by atoms with Crippen molar-refractivity contribution in [3.63, 3.8) is 0 Å². The Kier molecular flexibility index (Phi) is 3.43. The SMILES string of the molecule is CCc1cc2c(NC)nc(CC(F)(F)F)nc2s1. The van der Waals surface area contributed by atoms with E-state index in [1.54, 1.807) is 7.05 Å². The Balaban J connectivity index is 2.51. The van der Waals surface area contributed by atoms with Gasteiger partial charge in [-0.1, -0.05) is 6.92 Å². The predicted octanol–water partition coefficient (Wildman–Crippen LogP) is 3.40. The molecule has 0 radical (unpaired) electrons. The number of anilines is 1. The number of rotatable bonds is 3. The van der Waals surface area contributed by atoms with E-state index >= 15 is 0 Å². The summed E-state index contributed by atoms with van der Waals surface area (Å²) >= 11 is 1.41. The predicted molar refractivity (Wildman–Crippen MR) is 66.1 cm³/mol. The fourth-order valence-corrected chi connectivity index (χ4v) is 2.62. The maximum absolute atomic E-state index is 12.4. The Morgan fingerprint density at radius 3 is 2.61 bits per heavy atom. The average Bonchev–Trinajstić information content (AvgIpc) is 2.68. The molecule has 0 saturated heterocycles. The number of aryl methyl sites for hydroxylation is 1. The molecule has 2 aromatic rings. The van der Waals surface area contributed by atoms with Crippen LogP contribution in [0.15, 0.2) is 6.07 Å². The molecular formula is C11H12F3N3S. The number of nitrogens with one attached hydrogen (secondary N) is 1. The van der Waals surface area contributed by atoms with E-state index in [0.717, 1.165) is 16.7 Å². The van der Waals surface area contributed by atoms with Crippen molar-refractivity contribution >= 4 is 27.4 Å². The van der Waals surface area contributed by atoms with E-state index in [9.17, 15) is 13.2 Å². The summed E-state index contributed by atoms with van der Waals surface area (Å²) in [4.78, 5) is 9.59. The van der Waals surface area contributed by atoms with Gasteiger partial charge in [-0.3, -0.25) is 0 Å². The minimum atomic E-state index is -4.29. The zero-order valence-corrected chi connectivity index (χ0v) is 10.7. The van der Waals surface area contributed by atoms with Gasteiger partial charge in [0, 0.05) is 11.9 Å². The molecule has 0 spiro atoms. The molecule has 0 atom stereocenters. The molecule has 0 aliphatic heterocycles. The Labute approximate surface area is 106 Å². The largest absolute Gasteiger partial charge is 0.396 e. The fraction of sp³-hybridized carbons (Fsp3) is 0.455. The van der Waals surface area contributed by atoms with Crippen molar-refractivity contribution < 1.29 is 13.2 Å². The third-order valence-corrected chi connectivity index (χ3v) is 3.61. The summed E-state index contributed by atoms with van der Waals surface area (Å²) in [5.74, 6) is 0.263. The van der Waals surface area contributed by atoms with Crippen LogP contribution in [0.3, 0.4) is 0 Å². The Morgan fingerprint density at radius 1 is 1.33 bits per heavy atom. The number of alkyl halides is 3. The third-order valence-electron chi connectivity index (χ3n) is 2.43. The lowest BCUT2D eigenvalue weighted by molar-refractivity contribution is -0.128. The Hall–Kier alpha value is -1.37. The normalized spacial score (nSPS) is 12.1. The van der Waals surface area contributed by atoms with Crippen LogP contribution >= 0.6 is 11.3 Å². The Bertz CT molecular complexity index is 562. The number of halogens is 3. The van der Waals surface area contributed by atoms with E-state index in [1.807, 2.05) is 13.0 Å². The second-order valence-corrected chi connectivity index (χ2v) is 4.93. The zero-order chi connectivity index (χ0) is 13.3. The van der Waals surface area contributed by atoms with Crippen LogP contribution in [0.1, 0.15) is 17.6 Å². The maximum Gasteiger partial charge on any atom is 0.396 e. The van der Waals surface area contributed by atoms with Gasteiger partial charge in [0.25, 0.3) is 0 Å². The van der Waals surface area contributed by atoms with E-state index in [4.69, 9.17) is 0 Å². The van der Waals surface area contributed by atoms with E-state index in [1.165, 1.54) is 11.3 Å². The summed E-state index contributed by atoms with van der Waals surface area (Å²) in [5, 5.41) is 3.60. The lowest BCUT2D eigenvalue weighted by Gasteiger charge is -2.07. The average molecular weight is 275 g/mol. The zero-order valence-electron chi connectivity index (χ0n) is 9.93. The first-order valence-corrected chi connectivity index (χ1v) is 6.28. The van der Waals surface area contributed by atoms with Gasteiger partial charge in [-0.25, -0.2) is 9.97 Å². The van der Waals surface area contributed by atoms with Crippen molar-refractivity contribution in [3.8, 4) is 0 Å². The van der Waals surface area contributed by atoms with Crippen LogP contribution in [0.5, 0.6) is 0 Å². The molecule has 2 rings (SSSR count). The topological polar surface area (TPSA) is 37.8 Å². The molecule has 0 aliphatic rings. The van der Waals surface area contributed by atoms with Gasteiger partial charge in [0.15, 0.2) is 0 Å². The summed E-state index contributed by atoms with van der Waals surface area (Å²) in [6.45, 7) is 1.99. The molecule has 0 aromatic carbocycles. The minimum Gasteiger partial charge on any atom is -0.372 e. The number of hydrogen-bond donors (Lipinski definition) is 1. The minimum absolute atomic E-state index is 0.191. The molecule has 2 heterocycles. The maximum atomic E-state index is 12.4. The van der Waals surface area contributed by atoms with Crippen LogP contribution < -0.4 is 5.32 Å². The van der Waals surface area contributed by atoms with Gasteiger partial charge in [0.2, 0.25) is 0 Å². The molecule has 0 saturated carbocycles. The molecule has 0 unspecified atom stereocenters. The molecular weight excluding hydrogens is 263 g/mol. The van der Waals surface area contributed by atoms with Crippen LogP contribution in [-0.2, 0) is 12.8 Å². The van der Waals surface area contributed by atoms with E-state index in [-0.39, 0.29) is 5.82 Å². The van der Waals surface area contributed by atoms with Gasteiger partial charge in [-0.15, -0.1) is 11.3 Å². The van der Waals surface area contributed by atoms with E-state index < -0.39 is 12.6 Å². The molecule has 1 N–H and O–H groups in total. The van der Waals surface area contributed by atoms with Gasteiger partial charge in [-0.05, 0) is 12.5 Å². The second kappa shape index (κ2) is 4.72. The number of thiophene rings is 1. The van der Waals surface area contributed by atoms with Gasteiger partial charge < -0.3 is 5.32 Å². The van der Waals surface area contributed by atoms with Crippen LogP contribution in [0.2, 0.25) is 0 Å². The highest BCUT2D eigenvalue weighted by Crippen LogP contribution is 2.30. The summed E-state index contributed by atoms with van der Waals surface area (Å²) in [6, 6.07) is 1.92. The second-order valence-electron chi connectivity index (χ2n) is 3.82. The van der Waals surface area contributed by atoms with Crippen molar-refractivity contribution in [1.82, 2.24) is 9.97 Å². The highest BCUT2D eigenvalue weighted by molar-refractivity contribution is 7.18. The van der Waals surface area contributed by atoms with Crippen LogP contribution in [0, 0.1) is 0 Å². The lowest BCUT2D eigenvalue weighted by atomic mass is 10.3. The highest BCUT2D eigenvalue weighted by Gasteiger charge is 2.30. The molecule has 18 heavy (non-hydrogen) atoms. The molecule has 0 aliphatic carbocycles. The Morgan fingerprint density at radius 2 is 2.06 bits per heavy atom. The fourth-order valence-electron chi connectivity index (χ4n) is 1.64. The van der Waals surface area contributed by atoms with E-state index in [0.29, 0.717) is 10.6 Å². The molecule has 0 fully saturated rings. The first kappa shape index (κ1) is 13.1. The van der Waals surface area contributed by atoms with Crippen molar-refractivity contribution in [1.29, 1.82) is 0 Å². The van der Waals surface area contributed by atoms with E-state index in [2.05, 4.69) is 15.3 Å². The highest BCUT2D eigenvalue weighted by atomic mass is 32.1. The molecule has 0 bridgehead atoms. The van der Waals surface area contributed by atoms with Gasteiger partial charge in [-0.2, -0.15) is 13.2 Å².